The molecule has 1 aromatic heterocycles. The van der Waals surface area contributed by atoms with Gasteiger partial charge in [-0.05, 0) is 23.3 Å². The average Bonchev–Trinajstić information content (AvgIpc) is 3.38. The van der Waals surface area contributed by atoms with Crippen molar-refractivity contribution in [2.75, 3.05) is 13.3 Å². The van der Waals surface area contributed by atoms with Gasteiger partial charge in [-0.2, -0.15) is 0 Å². The highest BCUT2D eigenvalue weighted by molar-refractivity contribution is 5.77. The summed E-state index contributed by atoms with van der Waals surface area (Å²) in [4.78, 5) is 19.6. The maximum atomic E-state index is 12.6. The molecule has 4 rings (SSSR count). The summed E-state index contributed by atoms with van der Waals surface area (Å²) < 4.78 is 10.9. The van der Waals surface area contributed by atoms with Crippen LogP contribution in [0.2, 0.25) is 0 Å². The Labute approximate surface area is 157 Å². The summed E-state index contributed by atoms with van der Waals surface area (Å²) in [6, 6.07) is 15.9. The Bertz CT molecular complexity index is 894. The van der Waals surface area contributed by atoms with Crippen LogP contribution in [-0.2, 0) is 11.2 Å². The molecule has 0 spiro atoms. The molecule has 0 saturated carbocycles. The van der Waals surface area contributed by atoms with E-state index in [4.69, 9.17) is 9.47 Å². The van der Waals surface area contributed by atoms with E-state index >= 15 is 0 Å². The first-order valence-electron chi connectivity index (χ1n) is 8.98. The summed E-state index contributed by atoms with van der Waals surface area (Å²) in [7, 11) is 0. The van der Waals surface area contributed by atoms with Gasteiger partial charge in [-0.3, -0.25) is 4.79 Å². The molecule has 1 amide bonds. The van der Waals surface area contributed by atoms with E-state index in [0.717, 1.165) is 34.7 Å². The largest absolute Gasteiger partial charge is 0.454 e. The number of amides is 1. The molecule has 6 nitrogen and oxygen atoms in total. The van der Waals surface area contributed by atoms with E-state index in [0.29, 0.717) is 13.0 Å². The minimum absolute atomic E-state index is 0.0148. The topological polar surface area (TPSA) is 76.2 Å². The Balaban J connectivity index is 1.47. The monoisotopic (exact) mass is 363 g/mol. The lowest BCUT2D eigenvalue weighted by atomic mass is 9.88. The van der Waals surface area contributed by atoms with Crippen molar-refractivity contribution in [3.63, 3.8) is 0 Å². The maximum absolute atomic E-state index is 12.6. The summed E-state index contributed by atoms with van der Waals surface area (Å²) >= 11 is 0. The number of nitrogens with one attached hydrogen (secondary N) is 2. The van der Waals surface area contributed by atoms with Gasteiger partial charge >= 0.3 is 0 Å². The van der Waals surface area contributed by atoms with E-state index < -0.39 is 0 Å². The summed E-state index contributed by atoms with van der Waals surface area (Å²) in [5.74, 6) is 1.44. The smallest absolute Gasteiger partial charge is 0.231 e. The van der Waals surface area contributed by atoms with Crippen molar-refractivity contribution in [1.29, 1.82) is 0 Å². The standard InChI is InChI=1S/C21H21N3O3/c25-21(23-9-8-17-12-22-13-24-17)11-18(15-4-2-1-3-5-15)16-6-7-19-20(10-16)27-14-26-19/h1-7,10,12-13,18H,8-9,11,14H2,(H,22,24)(H,23,25). The molecule has 0 radical (unpaired) electrons. The van der Waals surface area contributed by atoms with Gasteiger partial charge < -0.3 is 19.8 Å². The van der Waals surface area contributed by atoms with Crippen molar-refractivity contribution in [3.8, 4) is 11.5 Å². The van der Waals surface area contributed by atoms with Gasteiger partial charge in [-0.15, -0.1) is 0 Å². The molecule has 2 N–H and O–H groups in total. The highest BCUT2D eigenvalue weighted by atomic mass is 16.7. The fraction of sp³-hybridized carbons (Fsp3) is 0.238. The maximum Gasteiger partial charge on any atom is 0.231 e. The zero-order chi connectivity index (χ0) is 18.5. The summed E-state index contributed by atoms with van der Waals surface area (Å²) in [5, 5.41) is 3.00. The van der Waals surface area contributed by atoms with Gasteiger partial charge in [0.1, 0.15) is 0 Å². The highest BCUT2D eigenvalue weighted by Gasteiger charge is 2.21. The number of rotatable bonds is 7. The van der Waals surface area contributed by atoms with Crippen molar-refractivity contribution in [1.82, 2.24) is 15.3 Å². The van der Waals surface area contributed by atoms with Crippen LogP contribution in [0.5, 0.6) is 11.5 Å². The first kappa shape index (κ1) is 17.1. The number of ether oxygens (including phenoxy) is 2. The first-order chi connectivity index (χ1) is 13.3. The average molecular weight is 363 g/mol. The molecule has 6 heteroatoms. The quantitative estimate of drug-likeness (QED) is 0.677. The molecule has 2 aromatic carbocycles. The van der Waals surface area contributed by atoms with E-state index in [1.807, 2.05) is 48.5 Å². The molecule has 1 aliphatic rings. The number of benzene rings is 2. The van der Waals surface area contributed by atoms with Crippen molar-refractivity contribution in [2.45, 2.75) is 18.8 Å². The van der Waals surface area contributed by atoms with Gasteiger partial charge in [-0.1, -0.05) is 36.4 Å². The third kappa shape index (κ3) is 4.11. The van der Waals surface area contributed by atoms with Gasteiger partial charge in [0.15, 0.2) is 11.5 Å². The summed E-state index contributed by atoms with van der Waals surface area (Å²) in [5.41, 5.74) is 3.14. The predicted molar refractivity (Wildman–Crippen MR) is 101 cm³/mol. The molecule has 2 heterocycles. The number of imidazole rings is 1. The van der Waals surface area contributed by atoms with Crippen molar-refractivity contribution in [3.05, 3.63) is 77.9 Å². The lowest BCUT2D eigenvalue weighted by Gasteiger charge is -2.18. The molecule has 138 valence electrons. The Morgan fingerprint density at radius 1 is 1.11 bits per heavy atom. The second-order valence-electron chi connectivity index (χ2n) is 6.46. The van der Waals surface area contributed by atoms with Crippen LogP contribution in [0.3, 0.4) is 0 Å². The van der Waals surface area contributed by atoms with Crippen LogP contribution in [0.1, 0.15) is 29.2 Å². The molecular weight excluding hydrogens is 342 g/mol. The third-order valence-electron chi connectivity index (χ3n) is 4.66. The van der Waals surface area contributed by atoms with Crippen LogP contribution in [0.4, 0.5) is 0 Å². The first-order valence-corrected chi connectivity index (χ1v) is 8.98. The lowest BCUT2D eigenvalue weighted by molar-refractivity contribution is -0.121. The number of H-pyrrole nitrogens is 1. The Morgan fingerprint density at radius 2 is 1.96 bits per heavy atom. The SMILES string of the molecule is O=C(CC(c1ccccc1)c1ccc2c(c1)OCO2)NCCc1cnc[nH]1. The normalized spacial score (nSPS) is 13.3. The second kappa shape index (κ2) is 7.95. The minimum Gasteiger partial charge on any atom is -0.454 e. The van der Waals surface area contributed by atoms with Gasteiger partial charge in [-0.25, -0.2) is 4.98 Å². The molecule has 0 fully saturated rings. The Hall–Kier alpha value is -3.28. The number of aromatic amines is 1. The van der Waals surface area contributed by atoms with E-state index in [2.05, 4.69) is 15.3 Å². The van der Waals surface area contributed by atoms with Crippen LogP contribution in [0.25, 0.3) is 0 Å². The number of nitrogens with zero attached hydrogens (tertiary/aromatic N) is 1. The number of aromatic nitrogens is 2. The molecular formula is C21H21N3O3. The van der Waals surface area contributed by atoms with Crippen LogP contribution >= 0.6 is 0 Å². The molecule has 3 aromatic rings. The number of fused-ring (bicyclic) bond motifs is 1. The molecule has 0 aliphatic carbocycles. The van der Waals surface area contributed by atoms with Crippen LogP contribution in [0, 0.1) is 0 Å². The fourth-order valence-electron chi connectivity index (χ4n) is 3.26. The minimum atomic E-state index is -0.0483. The zero-order valence-electron chi connectivity index (χ0n) is 14.9. The summed E-state index contributed by atoms with van der Waals surface area (Å²) in [6.07, 6.45) is 4.51. The molecule has 0 saturated heterocycles. The van der Waals surface area contributed by atoms with E-state index in [1.54, 1.807) is 12.5 Å². The Morgan fingerprint density at radius 3 is 2.78 bits per heavy atom. The van der Waals surface area contributed by atoms with Crippen LogP contribution in [0.15, 0.2) is 61.1 Å². The molecule has 0 bridgehead atoms. The molecule has 1 aliphatic heterocycles. The van der Waals surface area contributed by atoms with Crippen molar-refractivity contribution in [2.24, 2.45) is 0 Å². The van der Waals surface area contributed by atoms with E-state index in [1.165, 1.54) is 0 Å². The van der Waals surface area contributed by atoms with Crippen LogP contribution in [-0.4, -0.2) is 29.2 Å². The van der Waals surface area contributed by atoms with Crippen molar-refractivity contribution >= 4 is 5.91 Å². The third-order valence-corrected chi connectivity index (χ3v) is 4.66. The van der Waals surface area contributed by atoms with E-state index in [-0.39, 0.29) is 18.6 Å². The lowest BCUT2D eigenvalue weighted by Crippen LogP contribution is -2.27. The second-order valence-corrected chi connectivity index (χ2v) is 6.46. The molecule has 27 heavy (non-hydrogen) atoms. The molecule has 1 atom stereocenters. The van der Waals surface area contributed by atoms with Gasteiger partial charge in [0, 0.05) is 37.2 Å². The van der Waals surface area contributed by atoms with Gasteiger partial charge in [0.05, 0.1) is 6.33 Å². The number of carbonyl (C=O) groups is 1. The van der Waals surface area contributed by atoms with Gasteiger partial charge in [0.2, 0.25) is 12.7 Å². The fourth-order valence-corrected chi connectivity index (χ4v) is 3.26. The molecule has 1 unspecified atom stereocenters. The number of hydrogen-bond donors (Lipinski definition) is 2. The number of carbonyl (C=O) groups excluding carboxylic acids is 1. The summed E-state index contributed by atoms with van der Waals surface area (Å²) in [6.45, 7) is 0.812. The van der Waals surface area contributed by atoms with E-state index in [9.17, 15) is 4.79 Å². The van der Waals surface area contributed by atoms with Gasteiger partial charge in [0.25, 0.3) is 0 Å². The van der Waals surface area contributed by atoms with Crippen LogP contribution < -0.4 is 14.8 Å². The Kier molecular flexibility index (Phi) is 5.05. The zero-order valence-corrected chi connectivity index (χ0v) is 14.9. The number of hydrogen-bond acceptors (Lipinski definition) is 4. The predicted octanol–water partition coefficient (Wildman–Crippen LogP) is 3.02. The highest BCUT2D eigenvalue weighted by Crippen LogP contribution is 2.37. The van der Waals surface area contributed by atoms with Crippen molar-refractivity contribution < 1.29 is 14.3 Å².